The van der Waals surface area contributed by atoms with Crippen LogP contribution in [0.25, 0.3) is 0 Å². The molecule has 3 atom stereocenters. The van der Waals surface area contributed by atoms with Crippen molar-refractivity contribution in [2.75, 3.05) is 11.4 Å². The molecule has 1 aromatic rings. The first-order chi connectivity index (χ1) is 9.74. The summed E-state index contributed by atoms with van der Waals surface area (Å²) in [4.78, 5) is 1.90. The smallest absolute Gasteiger partial charge is 0.368 e. The lowest BCUT2D eigenvalue weighted by atomic mass is 9.85. The second kappa shape index (κ2) is 6.07. The Morgan fingerprint density at radius 1 is 1.24 bits per heavy atom. The van der Waals surface area contributed by atoms with E-state index in [-0.39, 0.29) is 17.6 Å². The number of piperidine rings is 1. The highest BCUT2D eigenvalue weighted by molar-refractivity contribution is 6.17. The van der Waals surface area contributed by atoms with Gasteiger partial charge in [-0.05, 0) is 42.9 Å². The number of nitrogens with zero attached hydrogens (tertiary/aromatic N) is 1. The molecule has 2 rings (SSSR count). The maximum absolute atomic E-state index is 13.4. The largest absolute Gasteiger partial charge is 0.418 e. The van der Waals surface area contributed by atoms with Gasteiger partial charge < -0.3 is 4.90 Å². The third kappa shape index (κ3) is 3.47. The molecular formula is C16H21ClF3N. The summed E-state index contributed by atoms with van der Waals surface area (Å²) in [5.41, 5.74) is 0.203. The molecule has 118 valence electrons. The summed E-state index contributed by atoms with van der Waals surface area (Å²) in [6.45, 7) is 6.87. The van der Waals surface area contributed by atoms with E-state index in [0.717, 1.165) is 6.42 Å². The van der Waals surface area contributed by atoms with Crippen molar-refractivity contribution in [2.45, 2.75) is 45.3 Å². The van der Waals surface area contributed by atoms with Gasteiger partial charge in [0.15, 0.2) is 0 Å². The molecule has 3 unspecified atom stereocenters. The SMILES string of the molecule is CC1CC(C)C(C)N(c2ccc(CCl)cc2C(F)(F)F)C1. The van der Waals surface area contributed by atoms with Crippen molar-refractivity contribution in [3.8, 4) is 0 Å². The number of alkyl halides is 4. The molecule has 1 nitrogen and oxygen atoms in total. The number of anilines is 1. The van der Waals surface area contributed by atoms with Gasteiger partial charge in [0.2, 0.25) is 0 Å². The van der Waals surface area contributed by atoms with E-state index in [1.807, 2.05) is 11.8 Å². The highest BCUT2D eigenvalue weighted by atomic mass is 35.5. The van der Waals surface area contributed by atoms with Gasteiger partial charge in [-0.3, -0.25) is 0 Å². The van der Waals surface area contributed by atoms with Gasteiger partial charge in [0.05, 0.1) is 5.56 Å². The molecule has 0 bridgehead atoms. The van der Waals surface area contributed by atoms with Crippen LogP contribution in [0.4, 0.5) is 18.9 Å². The van der Waals surface area contributed by atoms with Crippen LogP contribution >= 0.6 is 11.6 Å². The van der Waals surface area contributed by atoms with Crippen molar-refractivity contribution >= 4 is 17.3 Å². The van der Waals surface area contributed by atoms with Crippen LogP contribution in [-0.2, 0) is 12.1 Å². The minimum atomic E-state index is -4.36. The molecule has 0 aromatic heterocycles. The van der Waals surface area contributed by atoms with Crippen LogP contribution in [0.2, 0.25) is 0 Å². The topological polar surface area (TPSA) is 3.24 Å². The standard InChI is InChI=1S/C16H21ClF3N/c1-10-6-11(2)12(3)21(9-10)15-5-4-13(8-17)7-14(15)16(18,19)20/h4-5,7,10-12H,6,8-9H2,1-3H3. The van der Waals surface area contributed by atoms with Crippen LogP contribution in [0.15, 0.2) is 18.2 Å². The van der Waals surface area contributed by atoms with Gasteiger partial charge in [-0.25, -0.2) is 0 Å². The number of hydrogen-bond acceptors (Lipinski definition) is 1. The number of rotatable bonds is 2. The second-order valence-electron chi connectivity index (χ2n) is 6.19. The highest BCUT2D eigenvalue weighted by Crippen LogP contribution is 2.41. The molecule has 1 saturated heterocycles. The molecule has 0 radical (unpaired) electrons. The van der Waals surface area contributed by atoms with Crippen molar-refractivity contribution < 1.29 is 13.2 Å². The van der Waals surface area contributed by atoms with Gasteiger partial charge in [-0.1, -0.05) is 19.9 Å². The maximum atomic E-state index is 13.4. The van der Waals surface area contributed by atoms with Crippen LogP contribution in [0.1, 0.15) is 38.3 Å². The van der Waals surface area contributed by atoms with E-state index in [0.29, 0.717) is 23.9 Å². The molecule has 1 fully saturated rings. The van der Waals surface area contributed by atoms with E-state index < -0.39 is 11.7 Å². The molecule has 5 heteroatoms. The fourth-order valence-corrected chi connectivity index (χ4v) is 3.34. The minimum Gasteiger partial charge on any atom is -0.368 e. The normalized spacial score (nSPS) is 27.0. The fourth-order valence-electron chi connectivity index (χ4n) is 3.18. The van der Waals surface area contributed by atoms with Gasteiger partial charge in [-0.15, -0.1) is 11.6 Å². The van der Waals surface area contributed by atoms with Gasteiger partial charge in [0, 0.05) is 24.2 Å². The average molecular weight is 320 g/mol. The summed E-state index contributed by atoms with van der Waals surface area (Å²) in [5, 5.41) is 0. The Hall–Kier alpha value is -0.900. The van der Waals surface area contributed by atoms with Gasteiger partial charge in [0.1, 0.15) is 0 Å². The summed E-state index contributed by atoms with van der Waals surface area (Å²) in [6.07, 6.45) is -3.31. The maximum Gasteiger partial charge on any atom is 0.418 e. The first-order valence-corrected chi connectivity index (χ1v) is 7.80. The molecule has 0 saturated carbocycles. The van der Waals surface area contributed by atoms with E-state index >= 15 is 0 Å². The van der Waals surface area contributed by atoms with E-state index in [1.165, 1.54) is 6.07 Å². The van der Waals surface area contributed by atoms with Crippen LogP contribution in [0.3, 0.4) is 0 Å². The zero-order valence-electron chi connectivity index (χ0n) is 12.5. The molecule has 1 aromatic carbocycles. The van der Waals surface area contributed by atoms with E-state index in [9.17, 15) is 13.2 Å². The second-order valence-corrected chi connectivity index (χ2v) is 6.46. The Morgan fingerprint density at radius 2 is 1.90 bits per heavy atom. The van der Waals surface area contributed by atoms with Gasteiger partial charge in [0.25, 0.3) is 0 Å². The zero-order valence-corrected chi connectivity index (χ0v) is 13.3. The summed E-state index contributed by atoms with van der Waals surface area (Å²) in [5.74, 6) is 0.860. The van der Waals surface area contributed by atoms with Gasteiger partial charge >= 0.3 is 6.18 Å². The number of benzene rings is 1. The van der Waals surface area contributed by atoms with Crippen molar-refractivity contribution in [2.24, 2.45) is 11.8 Å². The third-order valence-corrected chi connectivity index (χ3v) is 4.74. The first-order valence-electron chi connectivity index (χ1n) is 7.26. The van der Waals surface area contributed by atoms with E-state index in [1.54, 1.807) is 12.1 Å². The van der Waals surface area contributed by atoms with Crippen LogP contribution < -0.4 is 4.90 Å². The molecule has 0 N–H and O–H groups in total. The zero-order chi connectivity index (χ0) is 15.8. The lowest BCUT2D eigenvalue weighted by molar-refractivity contribution is -0.137. The molecule has 1 heterocycles. The Bertz CT molecular complexity index is 501. The fraction of sp³-hybridized carbons (Fsp3) is 0.625. The monoisotopic (exact) mass is 319 g/mol. The molecule has 1 aliphatic rings. The molecule has 0 aliphatic carbocycles. The van der Waals surface area contributed by atoms with Crippen molar-refractivity contribution in [3.63, 3.8) is 0 Å². The number of halogens is 4. The highest BCUT2D eigenvalue weighted by Gasteiger charge is 2.38. The molecule has 0 amide bonds. The summed E-state index contributed by atoms with van der Waals surface area (Å²) >= 11 is 5.68. The molecular weight excluding hydrogens is 299 g/mol. The van der Waals surface area contributed by atoms with Crippen molar-refractivity contribution in [1.29, 1.82) is 0 Å². The predicted octanol–water partition coefficient (Wildman–Crippen LogP) is 5.32. The predicted molar refractivity (Wildman–Crippen MR) is 80.8 cm³/mol. The van der Waals surface area contributed by atoms with Crippen LogP contribution in [-0.4, -0.2) is 12.6 Å². The quantitative estimate of drug-likeness (QED) is 0.667. The first kappa shape index (κ1) is 16.5. The number of hydrogen-bond donors (Lipinski definition) is 0. The van der Waals surface area contributed by atoms with Crippen LogP contribution in [0, 0.1) is 11.8 Å². The third-order valence-electron chi connectivity index (χ3n) is 4.43. The molecule has 1 aliphatic heterocycles. The van der Waals surface area contributed by atoms with Crippen LogP contribution in [0.5, 0.6) is 0 Å². The van der Waals surface area contributed by atoms with E-state index in [4.69, 9.17) is 11.6 Å². The Kier molecular flexibility index (Phi) is 4.76. The Labute approximate surface area is 129 Å². The van der Waals surface area contributed by atoms with E-state index in [2.05, 4.69) is 13.8 Å². The summed E-state index contributed by atoms with van der Waals surface area (Å²) in [7, 11) is 0. The molecule has 21 heavy (non-hydrogen) atoms. The lowest BCUT2D eigenvalue weighted by Crippen LogP contribution is -2.46. The summed E-state index contributed by atoms with van der Waals surface area (Å²) in [6, 6.07) is 4.54. The Morgan fingerprint density at radius 3 is 2.48 bits per heavy atom. The van der Waals surface area contributed by atoms with Crippen molar-refractivity contribution in [3.05, 3.63) is 29.3 Å². The summed E-state index contributed by atoms with van der Waals surface area (Å²) < 4.78 is 40.1. The average Bonchev–Trinajstić information content (AvgIpc) is 2.41. The Balaban J connectivity index is 2.47. The van der Waals surface area contributed by atoms with Gasteiger partial charge in [-0.2, -0.15) is 13.2 Å². The lowest BCUT2D eigenvalue weighted by Gasteiger charge is -2.43. The van der Waals surface area contributed by atoms with Crippen molar-refractivity contribution in [1.82, 2.24) is 0 Å². The minimum absolute atomic E-state index is 0.0890. The molecule has 0 spiro atoms.